The second-order valence-corrected chi connectivity index (χ2v) is 8.72. The lowest BCUT2D eigenvalue weighted by Crippen LogP contribution is -2.53. The second kappa shape index (κ2) is 7.59. The molecule has 1 aromatic heterocycles. The van der Waals surface area contributed by atoms with E-state index in [2.05, 4.69) is 11.1 Å². The summed E-state index contributed by atoms with van der Waals surface area (Å²) in [7, 11) is 0. The topological polar surface area (TPSA) is 66.6 Å². The quantitative estimate of drug-likeness (QED) is 0.574. The Morgan fingerprint density at radius 2 is 1.81 bits per heavy atom. The number of rotatable bonds is 2. The zero-order valence-corrected chi connectivity index (χ0v) is 17.6. The van der Waals surface area contributed by atoms with Crippen LogP contribution in [-0.4, -0.2) is 15.8 Å². The van der Waals surface area contributed by atoms with Crippen molar-refractivity contribution in [2.75, 3.05) is 0 Å². The van der Waals surface area contributed by atoms with Crippen LogP contribution in [0, 0.1) is 40.7 Å². The van der Waals surface area contributed by atoms with Gasteiger partial charge >= 0.3 is 0 Å². The Kier molecular flexibility index (Phi) is 4.85. The smallest absolute Gasteiger partial charge is 0.165 e. The van der Waals surface area contributed by atoms with Gasteiger partial charge in [0.15, 0.2) is 11.6 Å². The maximum Gasteiger partial charge on any atom is 0.165 e. The molecule has 6 heteroatoms. The highest BCUT2D eigenvalue weighted by atomic mass is 19.1. The van der Waals surface area contributed by atoms with E-state index in [9.17, 15) is 18.8 Å². The predicted molar refractivity (Wildman–Crippen MR) is 114 cm³/mol. The summed E-state index contributed by atoms with van der Waals surface area (Å²) in [6, 6.07) is 15.6. The highest BCUT2D eigenvalue weighted by Crippen LogP contribution is 2.55. The van der Waals surface area contributed by atoms with Crippen molar-refractivity contribution < 1.29 is 13.6 Å². The molecule has 0 bridgehead atoms. The van der Waals surface area contributed by atoms with Gasteiger partial charge in [-0.3, -0.25) is 4.79 Å². The lowest BCUT2D eigenvalue weighted by Gasteiger charge is -2.51. The summed E-state index contributed by atoms with van der Waals surface area (Å²) < 4.78 is 29.1. The number of hydrogen-bond acceptors (Lipinski definition) is 4. The summed E-state index contributed by atoms with van der Waals surface area (Å²) in [4.78, 5) is 22.0. The highest BCUT2D eigenvalue weighted by Gasteiger charge is 2.56. The minimum atomic E-state index is -0.768. The zero-order valence-electron chi connectivity index (χ0n) is 17.6. The van der Waals surface area contributed by atoms with E-state index in [-0.39, 0.29) is 29.0 Å². The molecule has 2 aliphatic carbocycles. The van der Waals surface area contributed by atoms with Crippen LogP contribution in [0.4, 0.5) is 8.78 Å². The van der Waals surface area contributed by atoms with Crippen molar-refractivity contribution in [1.82, 2.24) is 9.97 Å². The Labute approximate surface area is 185 Å². The van der Waals surface area contributed by atoms with Gasteiger partial charge < -0.3 is 0 Å². The van der Waals surface area contributed by atoms with Crippen molar-refractivity contribution >= 4 is 5.78 Å². The number of benzene rings is 2. The number of nitrogens with zero attached hydrogens (tertiary/aromatic N) is 3. The maximum atomic E-state index is 14.5. The van der Waals surface area contributed by atoms with Crippen LogP contribution in [0.5, 0.6) is 0 Å². The molecule has 4 nitrogen and oxygen atoms in total. The Balaban J connectivity index is 1.79. The fraction of sp³-hybridized carbons (Fsp3) is 0.308. The number of aromatic nitrogens is 2. The van der Waals surface area contributed by atoms with Gasteiger partial charge in [0.05, 0.1) is 17.3 Å². The van der Waals surface area contributed by atoms with Crippen molar-refractivity contribution in [3.05, 3.63) is 83.2 Å². The number of carbonyl (C=O) groups is 1. The summed E-state index contributed by atoms with van der Waals surface area (Å²) in [5.41, 5.74) is 1.56. The van der Waals surface area contributed by atoms with E-state index in [0.717, 1.165) is 17.5 Å². The fourth-order valence-corrected chi connectivity index (χ4v) is 5.72. The Bertz CT molecular complexity index is 1230. The molecule has 2 aliphatic rings. The molecule has 4 atom stereocenters. The van der Waals surface area contributed by atoms with Crippen LogP contribution in [-0.2, 0) is 16.6 Å². The lowest BCUT2D eigenvalue weighted by atomic mass is 9.51. The van der Waals surface area contributed by atoms with Gasteiger partial charge in [-0.25, -0.2) is 18.7 Å². The molecule has 32 heavy (non-hydrogen) atoms. The second-order valence-electron chi connectivity index (χ2n) is 8.72. The first-order chi connectivity index (χ1) is 15.5. The summed E-state index contributed by atoms with van der Waals surface area (Å²) in [5, 5.41) is 9.78. The number of halogens is 2. The standard InChI is InChI=1S/C26H21F2N3O/c1-15-19-11-10-16-14-30-25(22-20(27)8-5-9-21(22)28)31-24(16)26(19,12-17(13-29)23(15)32)18-6-3-2-4-7-18/h2-9,14-15,17,19H,10-12H2,1H3/t15-,17?,19-,26+/m0/s1. The third kappa shape index (κ3) is 2.88. The van der Waals surface area contributed by atoms with E-state index in [1.54, 1.807) is 6.20 Å². The summed E-state index contributed by atoms with van der Waals surface area (Å²) in [5.74, 6) is -2.68. The van der Waals surface area contributed by atoms with E-state index >= 15 is 0 Å². The fourth-order valence-electron chi connectivity index (χ4n) is 5.72. The number of fused-ring (bicyclic) bond motifs is 3. The number of hydrogen-bond donors (Lipinski definition) is 0. The monoisotopic (exact) mass is 429 g/mol. The molecule has 1 heterocycles. The van der Waals surface area contributed by atoms with Gasteiger partial charge in [0, 0.05) is 17.5 Å². The SMILES string of the molecule is C[C@@H]1C(=O)C(C#N)C[C@]2(c3ccccc3)c3nc(-c4c(F)cccc4F)ncc3CC[C@@H]12. The van der Waals surface area contributed by atoms with Crippen molar-refractivity contribution in [1.29, 1.82) is 5.26 Å². The van der Waals surface area contributed by atoms with E-state index in [1.807, 2.05) is 37.3 Å². The summed E-state index contributed by atoms with van der Waals surface area (Å²) in [6.45, 7) is 1.89. The Morgan fingerprint density at radius 1 is 1.09 bits per heavy atom. The molecule has 1 fully saturated rings. The van der Waals surface area contributed by atoms with Gasteiger partial charge in [-0.1, -0.05) is 43.3 Å². The molecule has 0 aliphatic heterocycles. The zero-order chi connectivity index (χ0) is 22.5. The minimum Gasteiger partial charge on any atom is -0.298 e. The number of nitriles is 1. The van der Waals surface area contributed by atoms with E-state index in [4.69, 9.17) is 4.98 Å². The van der Waals surface area contributed by atoms with Gasteiger partial charge in [-0.05, 0) is 48.4 Å². The largest absolute Gasteiger partial charge is 0.298 e. The van der Waals surface area contributed by atoms with Gasteiger partial charge in [0.25, 0.3) is 0 Å². The van der Waals surface area contributed by atoms with E-state index < -0.39 is 23.0 Å². The third-order valence-corrected chi connectivity index (χ3v) is 7.20. The van der Waals surface area contributed by atoms with Crippen molar-refractivity contribution in [2.24, 2.45) is 17.8 Å². The molecule has 0 amide bonds. The normalized spacial score (nSPS) is 26.7. The highest BCUT2D eigenvalue weighted by molar-refractivity contribution is 5.87. The van der Waals surface area contributed by atoms with Crippen molar-refractivity contribution in [2.45, 2.75) is 31.6 Å². The van der Waals surface area contributed by atoms with E-state index in [1.165, 1.54) is 18.2 Å². The first kappa shape index (κ1) is 20.4. The van der Waals surface area contributed by atoms with Crippen molar-refractivity contribution in [3.8, 4) is 17.5 Å². The average molecular weight is 429 g/mol. The molecule has 0 saturated heterocycles. The minimum absolute atomic E-state index is 0.0200. The number of ketones is 1. The maximum absolute atomic E-state index is 14.5. The average Bonchev–Trinajstić information content (AvgIpc) is 2.81. The van der Waals surface area contributed by atoms with Gasteiger partial charge in [0.1, 0.15) is 17.6 Å². The lowest BCUT2D eigenvalue weighted by molar-refractivity contribution is -0.131. The molecule has 0 radical (unpaired) electrons. The molecule has 0 N–H and O–H groups in total. The number of aryl methyl sites for hydroxylation is 1. The molecule has 3 aromatic rings. The Hall–Kier alpha value is -3.46. The Morgan fingerprint density at radius 3 is 2.50 bits per heavy atom. The molecule has 1 saturated carbocycles. The van der Waals surface area contributed by atoms with Gasteiger partial charge in [0.2, 0.25) is 0 Å². The predicted octanol–water partition coefficient (Wildman–Crippen LogP) is 5.02. The van der Waals surface area contributed by atoms with Crippen LogP contribution in [0.15, 0.2) is 54.7 Å². The van der Waals surface area contributed by atoms with Gasteiger partial charge in [-0.2, -0.15) is 5.26 Å². The van der Waals surface area contributed by atoms with Crippen LogP contribution in [0.2, 0.25) is 0 Å². The van der Waals surface area contributed by atoms with E-state index in [0.29, 0.717) is 18.5 Å². The van der Waals surface area contributed by atoms with Crippen LogP contribution in [0.3, 0.4) is 0 Å². The summed E-state index contributed by atoms with van der Waals surface area (Å²) >= 11 is 0. The molecular weight excluding hydrogens is 408 g/mol. The molecule has 160 valence electrons. The van der Waals surface area contributed by atoms with Crippen LogP contribution >= 0.6 is 0 Å². The molecular formula is C26H21F2N3O. The third-order valence-electron chi connectivity index (χ3n) is 7.20. The number of Topliss-reactive ketones (excluding diaryl/α,β-unsaturated/α-hetero) is 1. The van der Waals surface area contributed by atoms with Gasteiger partial charge in [-0.15, -0.1) is 0 Å². The van der Waals surface area contributed by atoms with Crippen LogP contribution < -0.4 is 0 Å². The summed E-state index contributed by atoms with van der Waals surface area (Å²) in [6.07, 6.45) is 3.37. The molecule has 1 unspecified atom stereocenters. The van der Waals surface area contributed by atoms with Crippen LogP contribution in [0.25, 0.3) is 11.4 Å². The molecule has 2 aromatic carbocycles. The first-order valence-corrected chi connectivity index (χ1v) is 10.8. The first-order valence-electron chi connectivity index (χ1n) is 10.8. The molecule has 5 rings (SSSR count). The van der Waals surface area contributed by atoms with Crippen molar-refractivity contribution in [3.63, 3.8) is 0 Å². The van der Waals surface area contributed by atoms with Crippen LogP contribution in [0.1, 0.15) is 36.6 Å². The number of carbonyl (C=O) groups excluding carboxylic acids is 1. The molecule has 0 spiro atoms.